The summed E-state index contributed by atoms with van der Waals surface area (Å²) in [6, 6.07) is 18.8. The van der Waals surface area contributed by atoms with Gasteiger partial charge in [0.2, 0.25) is 5.95 Å². The lowest BCUT2D eigenvalue weighted by molar-refractivity contribution is 0.102. The number of rotatable bonds is 7. The molecule has 0 spiro atoms. The Morgan fingerprint density at radius 3 is 2.65 bits per heavy atom. The summed E-state index contributed by atoms with van der Waals surface area (Å²) in [5.41, 5.74) is 2.54. The number of hydrogen-bond acceptors (Lipinski definition) is 7. The number of amides is 1. The van der Waals surface area contributed by atoms with Crippen LogP contribution in [-0.4, -0.2) is 45.1 Å². The van der Waals surface area contributed by atoms with Crippen molar-refractivity contribution in [2.24, 2.45) is 0 Å². The Labute approximate surface area is 199 Å². The first-order chi connectivity index (χ1) is 16.7. The number of ether oxygens (including phenoxy) is 2. The molecule has 0 saturated carbocycles. The van der Waals surface area contributed by atoms with E-state index in [2.05, 4.69) is 25.6 Å². The summed E-state index contributed by atoms with van der Waals surface area (Å²) in [7, 11) is 3.15. The Balaban J connectivity index is 1.44. The number of benzene rings is 2. The van der Waals surface area contributed by atoms with Crippen molar-refractivity contribution in [3.8, 4) is 39.1 Å². The quantitative estimate of drug-likeness (QED) is 0.357. The molecule has 1 amide bonds. The van der Waals surface area contributed by atoms with Gasteiger partial charge in [0.1, 0.15) is 17.2 Å². The van der Waals surface area contributed by atoms with Crippen LogP contribution in [0.2, 0.25) is 0 Å². The molecule has 3 aromatic heterocycles. The van der Waals surface area contributed by atoms with Crippen molar-refractivity contribution < 1.29 is 14.3 Å². The van der Waals surface area contributed by atoms with Gasteiger partial charge in [-0.25, -0.2) is 4.68 Å². The number of aromatic amines is 1. The number of H-pyrrole nitrogens is 1. The van der Waals surface area contributed by atoms with Crippen molar-refractivity contribution in [2.75, 3.05) is 19.5 Å². The van der Waals surface area contributed by atoms with Crippen LogP contribution in [0.3, 0.4) is 0 Å². The van der Waals surface area contributed by atoms with E-state index in [1.165, 1.54) is 11.3 Å². The molecule has 0 radical (unpaired) electrons. The molecule has 34 heavy (non-hydrogen) atoms. The molecule has 2 aromatic carbocycles. The Morgan fingerprint density at radius 2 is 1.91 bits per heavy atom. The second-order valence-corrected chi connectivity index (χ2v) is 8.12. The maximum absolute atomic E-state index is 13.2. The van der Waals surface area contributed by atoms with E-state index in [1.807, 2.05) is 53.9 Å². The summed E-state index contributed by atoms with van der Waals surface area (Å²) in [4.78, 5) is 18.5. The van der Waals surface area contributed by atoms with Crippen LogP contribution in [0, 0.1) is 0 Å². The summed E-state index contributed by atoms with van der Waals surface area (Å²) in [5, 5.41) is 16.4. The normalized spacial score (nSPS) is 10.8. The molecule has 0 fully saturated rings. The zero-order valence-corrected chi connectivity index (χ0v) is 19.2. The monoisotopic (exact) mass is 472 g/mol. The summed E-state index contributed by atoms with van der Waals surface area (Å²) in [6.45, 7) is 0. The first-order valence-corrected chi connectivity index (χ1v) is 11.2. The van der Waals surface area contributed by atoms with Crippen LogP contribution in [0.1, 0.15) is 10.4 Å². The van der Waals surface area contributed by atoms with E-state index >= 15 is 0 Å². The fourth-order valence-electron chi connectivity index (χ4n) is 3.45. The highest BCUT2D eigenvalue weighted by molar-refractivity contribution is 7.13. The molecule has 0 aliphatic heterocycles. The highest BCUT2D eigenvalue weighted by atomic mass is 32.1. The van der Waals surface area contributed by atoms with Gasteiger partial charge < -0.3 is 9.47 Å². The molecule has 5 rings (SSSR count). The molecule has 3 heterocycles. The zero-order valence-electron chi connectivity index (χ0n) is 18.4. The fourth-order valence-corrected chi connectivity index (χ4v) is 4.17. The summed E-state index contributed by atoms with van der Waals surface area (Å²) >= 11 is 1.51. The minimum Gasteiger partial charge on any atom is -0.497 e. The summed E-state index contributed by atoms with van der Waals surface area (Å²) in [5.74, 6) is 1.45. The molecule has 170 valence electrons. The molecule has 10 heteroatoms. The second kappa shape index (κ2) is 9.20. The van der Waals surface area contributed by atoms with Crippen molar-refractivity contribution in [2.45, 2.75) is 0 Å². The maximum Gasteiger partial charge on any atom is 0.261 e. The summed E-state index contributed by atoms with van der Waals surface area (Å²) < 4.78 is 12.4. The highest BCUT2D eigenvalue weighted by Gasteiger charge is 2.21. The molecule has 2 N–H and O–H groups in total. The van der Waals surface area contributed by atoms with Gasteiger partial charge in [0, 0.05) is 12.3 Å². The number of nitrogens with one attached hydrogen (secondary N) is 2. The van der Waals surface area contributed by atoms with Gasteiger partial charge in [-0.05, 0) is 35.7 Å². The number of para-hydroxylation sites is 1. The van der Waals surface area contributed by atoms with E-state index in [4.69, 9.17) is 9.47 Å². The molecule has 0 saturated heterocycles. The predicted octanol–water partition coefficient (Wildman–Crippen LogP) is 4.66. The maximum atomic E-state index is 13.2. The largest absolute Gasteiger partial charge is 0.497 e. The van der Waals surface area contributed by atoms with Gasteiger partial charge in [-0.3, -0.25) is 15.2 Å². The van der Waals surface area contributed by atoms with Gasteiger partial charge in [-0.15, -0.1) is 16.4 Å². The van der Waals surface area contributed by atoms with Crippen LogP contribution >= 0.6 is 11.3 Å². The van der Waals surface area contributed by atoms with Crippen molar-refractivity contribution >= 4 is 23.2 Å². The van der Waals surface area contributed by atoms with E-state index in [1.54, 1.807) is 37.2 Å². The average Bonchev–Trinajstić information content (AvgIpc) is 3.65. The highest BCUT2D eigenvalue weighted by Crippen LogP contribution is 2.32. The lowest BCUT2D eigenvalue weighted by Gasteiger charge is -2.07. The van der Waals surface area contributed by atoms with E-state index in [0.29, 0.717) is 34.1 Å². The molecular weight excluding hydrogens is 452 g/mol. The molecule has 0 aliphatic carbocycles. The lowest BCUT2D eigenvalue weighted by atomic mass is 10.2. The van der Waals surface area contributed by atoms with Crippen LogP contribution in [0.4, 0.5) is 5.95 Å². The van der Waals surface area contributed by atoms with E-state index in [0.717, 1.165) is 10.6 Å². The minimum atomic E-state index is -0.363. The number of thiophene rings is 1. The standard InChI is InChI=1S/C24H20N6O3S/c1-32-16-10-11-17(19(13-16)33-2)22-25-24(28-27-22)26-23(31)18-14-30(15-7-4-3-5-8-15)29-21(18)20-9-6-12-34-20/h3-14H,1-2H3,(H2,25,26,27,28,31). The third-order valence-corrected chi connectivity index (χ3v) is 5.99. The number of aromatic nitrogens is 5. The van der Waals surface area contributed by atoms with Crippen molar-refractivity contribution in [3.63, 3.8) is 0 Å². The number of nitrogens with zero attached hydrogens (tertiary/aromatic N) is 4. The van der Waals surface area contributed by atoms with Gasteiger partial charge in [0.25, 0.3) is 5.91 Å². The van der Waals surface area contributed by atoms with E-state index in [9.17, 15) is 4.79 Å². The van der Waals surface area contributed by atoms with Crippen molar-refractivity contribution in [1.29, 1.82) is 0 Å². The van der Waals surface area contributed by atoms with E-state index in [-0.39, 0.29) is 11.9 Å². The zero-order chi connectivity index (χ0) is 23.5. The van der Waals surface area contributed by atoms with Crippen LogP contribution in [0.5, 0.6) is 11.5 Å². The van der Waals surface area contributed by atoms with Crippen LogP contribution in [0.15, 0.2) is 72.2 Å². The predicted molar refractivity (Wildman–Crippen MR) is 130 cm³/mol. The van der Waals surface area contributed by atoms with Crippen LogP contribution < -0.4 is 14.8 Å². The van der Waals surface area contributed by atoms with Crippen LogP contribution in [0.25, 0.3) is 27.6 Å². The molecule has 9 nitrogen and oxygen atoms in total. The minimum absolute atomic E-state index is 0.141. The smallest absolute Gasteiger partial charge is 0.261 e. The number of anilines is 1. The van der Waals surface area contributed by atoms with Crippen molar-refractivity contribution in [1.82, 2.24) is 25.0 Å². The third kappa shape index (κ3) is 4.14. The van der Waals surface area contributed by atoms with Gasteiger partial charge >= 0.3 is 0 Å². The van der Waals surface area contributed by atoms with Gasteiger partial charge in [-0.2, -0.15) is 10.1 Å². The molecular formula is C24H20N6O3S. The third-order valence-electron chi connectivity index (χ3n) is 5.11. The molecule has 0 aliphatic rings. The van der Waals surface area contributed by atoms with Crippen LogP contribution in [-0.2, 0) is 0 Å². The number of carbonyl (C=O) groups is 1. The molecule has 0 unspecified atom stereocenters. The number of hydrogen-bond donors (Lipinski definition) is 2. The Morgan fingerprint density at radius 1 is 1.06 bits per heavy atom. The second-order valence-electron chi connectivity index (χ2n) is 7.18. The average molecular weight is 473 g/mol. The first kappa shape index (κ1) is 21.4. The SMILES string of the molecule is COc1ccc(-c2nc(NC(=O)c3cn(-c4ccccc4)nc3-c3cccs3)n[nH]2)c(OC)c1. The van der Waals surface area contributed by atoms with Gasteiger partial charge in [0.15, 0.2) is 5.82 Å². The Bertz CT molecular complexity index is 1430. The topological polar surface area (TPSA) is 107 Å². The van der Waals surface area contributed by atoms with Gasteiger partial charge in [0.05, 0.1) is 35.9 Å². The Kier molecular flexibility index (Phi) is 5.79. The number of methoxy groups -OCH3 is 2. The Hall–Kier alpha value is -4.44. The molecule has 5 aromatic rings. The first-order valence-electron chi connectivity index (χ1n) is 10.3. The van der Waals surface area contributed by atoms with Crippen molar-refractivity contribution in [3.05, 3.63) is 77.8 Å². The lowest BCUT2D eigenvalue weighted by Crippen LogP contribution is -2.13. The fraction of sp³-hybridized carbons (Fsp3) is 0.0833. The number of carbonyl (C=O) groups excluding carboxylic acids is 1. The summed E-state index contributed by atoms with van der Waals surface area (Å²) in [6.07, 6.45) is 1.71. The van der Waals surface area contributed by atoms with E-state index < -0.39 is 0 Å². The molecule has 0 atom stereocenters. The molecule has 0 bridgehead atoms. The van der Waals surface area contributed by atoms with Gasteiger partial charge in [-0.1, -0.05) is 24.3 Å².